The molecule has 0 aliphatic rings. The van der Waals surface area contributed by atoms with Gasteiger partial charge in [0.15, 0.2) is 4.96 Å². The molecular formula is C21H14BrN3O4S. The van der Waals surface area contributed by atoms with Crippen LogP contribution in [0.1, 0.15) is 26.4 Å². The molecule has 4 aromatic rings. The molecule has 0 saturated carbocycles. The topological polar surface area (TPSA) is 89.8 Å². The van der Waals surface area contributed by atoms with Crippen molar-refractivity contribution in [2.45, 2.75) is 6.61 Å². The number of esters is 1. The number of aromatic nitrogens is 2. The second kappa shape index (κ2) is 8.60. The van der Waals surface area contributed by atoms with E-state index in [-0.39, 0.29) is 18.1 Å². The van der Waals surface area contributed by atoms with Crippen LogP contribution in [0.5, 0.6) is 0 Å². The minimum atomic E-state index is -0.548. The summed E-state index contributed by atoms with van der Waals surface area (Å²) in [5, 5.41) is 4.53. The van der Waals surface area contributed by atoms with Crippen molar-refractivity contribution in [1.29, 1.82) is 0 Å². The molecular weight excluding hydrogens is 470 g/mol. The van der Waals surface area contributed by atoms with Crippen molar-refractivity contribution in [3.05, 3.63) is 97.8 Å². The highest BCUT2D eigenvalue weighted by Crippen LogP contribution is 2.16. The van der Waals surface area contributed by atoms with E-state index in [1.807, 2.05) is 6.07 Å². The van der Waals surface area contributed by atoms with Gasteiger partial charge in [-0.05, 0) is 42.5 Å². The summed E-state index contributed by atoms with van der Waals surface area (Å²) in [7, 11) is 0. The lowest BCUT2D eigenvalue weighted by molar-refractivity contribution is 0.0467. The van der Waals surface area contributed by atoms with E-state index in [0.717, 1.165) is 4.47 Å². The van der Waals surface area contributed by atoms with E-state index in [4.69, 9.17) is 4.74 Å². The number of ether oxygens (including phenoxy) is 1. The second-order valence-corrected chi connectivity index (χ2v) is 8.05. The molecule has 0 aliphatic carbocycles. The van der Waals surface area contributed by atoms with Gasteiger partial charge in [-0.3, -0.25) is 14.0 Å². The molecule has 0 aliphatic heterocycles. The molecule has 0 bridgehead atoms. The molecule has 1 N–H and O–H groups in total. The number of carbonyl (C=O) groups excluding carboxylic acids is 2. The third kappa shape index (κ3) is 4.47. The summed E-state index contributed by atoms with van der Waals surface area (Å²) in [6.45, 7) is -0.107. The lowest BCUT2D eigenvalue weighted by Gasteiger charge is -2.08. The number of nitrogens with zero attached hydrogens (tertiary/aromatic N) is 2. The third-order valence-corrected chi connectivity index (χ3v) is 5.42. The van der Waals surface area contributed by atoms with E-state index in [2.05, 4.69) is 26.2 Å². The number of fused-ring (bicyclic) bond motifs is 1. The quantitative estimate of drug-likeness (QED) is 0.431. The van der Waals surface area contributed by atoms with Crippen LogP contribution < -0.4 is 10.9 Å². The van der Waals surface area contributed by atoms with Crippen molar-refractivity contribution in [3.8, 4) is 0 Å². The van der Waals surface area contributed by atoms with Gasteiger partial charge >= 0.3 is 5.97 Å². The number of nitrogens with one attached hydrogen (secondary N) is 1. The Kier molecular flexibility index (Phi) is 5.73. The first-order valence-electron chi connectivity index (χ1n) is 8.79. The first kappa shape index (κ1) is 20.0. The second-order valence-electron chi connectivity index (χ2n) is 6.26. The summed E-state index contributed by atoms with van der Waals surface area (Å²) in [4.78, 5) is 41.4. The maximum Gasteiger partial charge on any atom is 0.338 e. The molecule has 150 valence electrons. The van der Waals surface area contributed by atoms with E-state index in [1.165, 1.54) is 21.8 Å². The average molecular weight is 484 g/mol. The molecule has 9 heteroatoms. The van der Waals surface area contributed by atoms with Crippen molar-refractivity contribution in [1.82, 2.24) is 9.38 Å². The highest BCUT2D eigenvalue weighted by Gasteiger charge is 2.11. The monoisotopic (exact) mass is 483 g/mol. The minimum Gasteiger partial charge on any atom is -0.456 e. The number of halogens is 1. The van der Waals surface area contributed by atoms with Crippen LogP contribution in [0.25, 0.3) is 4.96 Å². The predicted octanol–water partition coefficient (Wildman–Crippen LogP) is 4.13. The SMILES string of the molecule is O=C(Nc1ccc(C(=O)OCc2cc(=O)n3ccsc3n2)cc1)c1cccc(Br)c1. The van der Waals surface area contributed by atoms with Gasteiger partial charge < -0.3 is 10.1 Å². The number of carbonyl (C=O) groups is 2. The van der Waals surface area contributed by atoms with Gasteiger partial charge in [-0.15, -0.1) is 11.3 Å². The highest BCUT2D eigenvalue weighted by molar-refractivity contribution is 9.10. The normalized spacial score (nSPS) is 10.7. The number of benzene rings is 2. The average Bonchev–Trinajstić information content (AvgIpc) is 3.22. The fourth-order valence-electron chi connectivity index (χ4n) is 2.71. The van der Waals surface area contributed by atoms with E-state index >= 15 is 0 Å². The van der Waals surface area contributed by atoms with Crippen LogP contribution in [0.3, 0.4) is 0 Å². The van der Waals surface area contributed by atoms with Crippen LogP contribution >= 0.6 is 27.3 Å². The Morgan fingerprint density at radius 2 is 1.90 bits per heavy atom. The zero-order valence-electron chi connectivity index (χ0n) is 15.4. The molecule has 1 amide bonds. The largest absolute Gasteiger partial charge is 0.456 e. The Morgan fingerprint density at radius 1 is 1.10 bits per heavy atom. The van der Waals surface area contributed by atoms with Gasteiger partial charge in [0.25, 0.3) is 11.5 Å². The van der Waals surface area contributed by atoms with E-state index in [0.29, 0.717) is 27.5 Å². The van der Waals surface area contributed by atoms with Crippen molar-refractivity contribution in [3.63, 3.8) is 0 Å². The maximum absolute atomic E-state index is 12.3. The molecule has 0 spiro atoms. The fraction of sp³-hybridized carbons (Fsp3) is 0.0476. The number of hydrogen-bond acceptors (Lipinski definition) is 6. The first-order chi connectivity index (χ1) is 14.5. The van der Waals surface area contributed by atoms with Gasteiger partial charge in [0, 0.05) is 33.4 Å². The third-order valence-electron chi connectivity index (χ3n) is 4.17. The van der Waals surface area contributed by atoms with Crippen molar-refractivity contribution < 1.29 is 14.3 Å². The number of thiazole rings is 1. The molecule has 0 atom stereocenters. The highest BCUT2D eigenvalue weighted by atomic mass is 79.9. The van der Waals surface area contributed by atoms with Crippen LogP contribution in [0.4, 0.5) is 5.69 Å². The molecule has 30 heavy (non-hydrogen) atoms. The van der Waals surface area contributed by atoms with Gasteiger partial charge in [-0.2, -0.15) is 0 Å². The Labute approximate surface area is 183 Å². The van der Waals surface area contributed by atoms with E-state index < -0.39 is 5.97 Å². The van der Waals surface area contributed by atoms with Crippen molar-refractivity contribution in [2.75, 3.05) is 5.32 Å². The molecule has 0 unspecified atom stereocenters. The summed E-state index contributed by atoms with van der Waals surface area (Å²) >= 11 is 4.66. The zero-order valence-corrected chi connectivity index (χ0v) is 17.8. The molecule has 2 aromatic heterocycles. The lowest BCUT2D eigenvalue weighted by Crippen LogP contribution is -2.15. The molecule has 0 radical (unpaired) electrons. The summed E-state index contributed by atoms with van der Waals surface area (Å²) in [6.07, 6.45) is 1.64. The van der Waals surface area contributed by atoms with Crippen LogP contribution in [0.2, 0.25) is 0 Å². The number of amides is 1. The Bertz CT molecular complexity index is 1300. The Hall–Kier alpha value is -3.30. The minimum absolute atomic E-state index is 0.107. The molecule has 0 fully saturated rings. The molecule has 2 aromatic carbocycles. The van der Waals surface area contributed by atoms with Crippen LogP contribution in [-0.2, 0) is 11.3 Å². The smallest absolute Gasteiger partial charge is 0.338 e. The van der Waals surface area contributed by atoms with E-state index in [9.17, 15) is 14.4 Å². The fourth-order valence-corrected chi connectivity index (χ4v) is 3.85. The predicted molar refractivity (Wildman–Crippen MR) is 117 cm³/mol. The molecule has 4 rings (SSSR count). The number of rotatable bonds is 5. The van der Waals surface area contributed by atoms with Crippen LogP contribution in [0.15, 0.2) is 75.4 Å². The van der Waals surface area contributed by atoms with Gasteiger partial charge in [0.2, 0.25) is 0 Å². The molecule has 2 heterocycles. The summed E-state index contributed by atoms with van der Waals surface area (Å²) in [5.41, 5.74) is 1.55. The Balaban J connectivity index is 1.38. The molecule has 0 saturated heterocycles. The van der Waals surface area contributed by atoms with Gasteiger partial charge in [0.05, 0.1) is 11.3 Å². The number of anilines is 1. The van der Waals surface area contributed by atoms with Crippen molar-refractivity contribution in [2.24, 2.45) is 0 Å². The first-order valence-corrected chi connectivity index (χ1v) is 10.5. The summed E-state index contributed by atoms with van der Waals surface area (Å²) < 4.78 is 7.50. The lowest BCUT2D eigenvalue weighted by atomic mass is 10.2. The summed E-state index contributed by atoms with van der Waals surface area (Å²) in [6, 6.07) is 14.7. The zero-order chi connectivity index (χ0) is 21.1. The van der Waals surface area contributed by atoms with E-state index in [1.54, 1.807) is 54.0 Å². The number of hydrogen-bond donors (Lipinski definition) is 1. The van der Waals surface area contributed by atoms with Crippen LogP contribution in [-0.4, -0.2) is 21.3 Å². The van der Waals surface area contributed by atoms with Crippen molar-refractivity contribution >= 4 is 49.8 Å². The molecule has 7 nitrogen and oxygen atoms in total. The summed E-state index contributed by atoms with van der Waals surface area (Å²) in [5.74, 6) is -0.805. The van der Waals surface area contributed by atoms with Gasteiger partial charge in [-0.1, -0.05) is 22.0 Å². The standard InChI is InChI=1S/C21H14BrN3O4S/c22-15-3-1-2-14(10-15)19(27)23-16-6-4-13(5-7-16)20(28)29-12-17-11-18(26)25-8-9-30-21(25)24-17/h1-11H,12H2,(H,23,27). The van der Waals surface area contributed by atoms with Gasteiger partial charge in [-0.25, -0.2) is 9.78 Å². The maximum atomic E-state index is 12.3. The van der Waals surface area contributed by atoms with Crippen LogP contribution in [0, 0.1) is 0 Å². The van der Waals surface area contributed by atoms with Gasteiger partial charge in [0.1, 0.15) is 6.61 Å². The Morgan fingerprint density at radius 3 is 2.67 bits per heavy atom.